The summed E-state index contributed by atoms with van der Waals surface area (Å²) in [4.78, 5) is 23.8. The van der Waals surface area contributed by atoms with Crippen molar-refractivity contribution in [2.24, 2.45) is 5.73 Å². The Bertz CT molecular complexity index is 390. The number of hydrogen-bond donors (Lipinski definition) is 2. The number of anilines is 1. The molecule has 1 aromatic rings. The molecule has 0 heterocycles. The average molecular weight is 207 g/mol. The van der Waals surface area contributed by atoms with Gasteiger partial charge in [-0.15, -0.1) is 0 Å². The van der Waals surface area contributed by atoms with Gasteiger partial charge in [0, 0.05) is 14.1 Å². The average Bonchev–Trinajstić information content (AvgIpc) is 2.27. The van der Waals surface area contributed by atoms with Crippen LogP contribution in [0.4, 0.5) is 10.5 Å². The topological polar surface area (TPSA) is 75.4 Å². The molecule has 0 bridgehead atoms. The van der Waals surface area contributed by atoms with E-state index in [2.05, 4.69) is 5.32 Å². The molecule has 1 aromatic carbocycles. The summed E-state index contributed by atoms with van der Waals surface area (Å²) in [6.07, 6.45) is 0. The van der Waals surface area contributed by atoms with E-state index < -0.39 is 5.91 Å². The second-order valence-corrected chi connectivity index (χ2v) is 3.00. The molecule has 3 amide bonds. The van der Waals surface area contributed by atoms with Crippen LogP contribution in [0.1, 0.15) is 10.4 Å². The number of rotatable bonds is 2. The van der Waals surface area contributed by atoms with Crippen molar-refractivity contribution in [3.05, 3.63) is 29.8 Å². The standard InChI is InChI=1S/C10H13N3O2/c1-12-10(15)13(2)8-6-4-3-5-7(8)9(11)14/h3-6H,1-2H3,(H2,11,14)(H,12,15). The highest BCUT2D eigenvalue weighted by atomic mass is 16.2. The van der Waals surface area contributed by atoms with E-state index in [1.54, 1.807) is 31.3 Å². The van der Waals surface area contributed by atoms with E-state index in [0.717, 1.165) is 0 Å². The van der Waals surface area contributed by atoms with E-state index in [4.69, 9.17) is 5.73 Å². The fraction of sp³-hybridized carbons (Fsp3) is 0.200. The van der Waals surface area contributed by atoms with Gasteiger partial charge >= 0.3 is 6.03 Å². The number of amides is 3. The summed E-state index contributed by atoms with van der Waals surface area (Å²) in [5, 5.41) is 2.46. The number of primary amides is 1. The summed E-state index contributed by atoms with van der Waals surface area (Å²) in [7, 11) is 3.09. The van der Waals surface area contributed by atoms with Crippen molar-refractivity contribution >= 4 is 17.6 Å². The molecule has 0 aromatic heterocycles. The minimum Gasteiger partial charge on any atom is -0.366 e. The lowest BCUT2D eigenvalue weighted by atomic mass is 10.1. The third kappa shape index (κ3) is 2.25. The van der Waals surface area contributed by atoms with Gasteiger partial charge in [-0.05, 0) is 12.1 Å². The second-order valence-electron chi connectivity index (χ2n) is 3.00. The first-order chi connectivity index (χ1) is 7.07. The summed E-state index contributed by atoms with van der Waals surface area (Å²) < 4.78 is 0. The van der Waals surface area contributed by atoms with Crippen molar-refractivity contribution in [2.45, 2.75) is 0 Å². The monoisotopic (exact) mass is 207 g/mol. The molecule has 80 valence electrons. The van der Waals surface area contributed by atoms with Gasteiger partial charge in [0.15, 0.2) is 0 Å². The molecule has 0 aliphatic carbocycles. The Balaban J connectivity index is 3.13. The van der Waals surface area contributed by atoms with E-state index in [9.17, 15) is 9.59 Å². The van der Waals surface area contributed by atoms with Gasteiger partial charge in [0.2, 0.25) is 0 Å². The van der Waals surface area contributed by atoms with Crippen molar-refractivity contribution in [1.82, 2.24) is 5.32 Å². The van der Waals surface area contributed by atoms with Crippen molar-refractivity contribution in [1.29, 1.82) is 0 Å². The Kier molecular flexibility index (Phi) is 3.28. The van der Waals surface area contributed by atoms with Crippen LogP contribution in [0.5, 0.6) is 0 Å². The first kappa shape index (κ1) is 11.0. The van der Waals surface area contributed by atoms with Crippen LogP contribution >= 0.6 is 0 Å². The maximum Gasteiger partial charge on any atom is 0.321 e. The fourth-order valence-electron chi connectivity index (χ4n) is 1.25. The molecule has 5 nitrogen and oxygen atoms in total. The Hall–Kier alpha value is -2.04. The van der Waals surface area contributed by atoms with Crippen LogP contribution in [0.2, 0.25) is 0 Å². The quantitative estimate of drug-likeness (QED) is 0.743. The van der Waals surface area contributed by atoms with Crippen LogP contribution in [0.25, 0.3) is 0 Å². The maximum absolute atomic E-state index is 11.3. The molecule has 0 fully saturated rings. The van der Waals surface area contributed by atoms with Gasteiger partial charge in [-0.2, -0.15) is 0 Å². The van der Waals surface area contributed by atoms with Crippen LogP contribution in [0.3, 0.4) is 0 Å². The van der Waals surface area contributed by atoms with Crippen LogP contribution in [0, 0.1) is 0 Å². The molecule has 15 heavy (non-hydrogen) atoms. The molecule has 3 N–H and O–H groups in total. The van der Waals surface area contributed by atoms with E-state index in [-0.39, 0.29) is 6.03 Å². The number of para-hydroxylation sites is 1. The molecule has 0 atom stereocenters. The summed E-state index contributed by atoms with van der Waals surface area (Å²) in [6.45, 7) is 0. The molecular formula is C10H13N3O2. The minimum absolute atomic E-state index is 0.302. The van der Waals surface area contributed by atoms with Gasteiger partial charge in [0.1, 0.15) is 0 Å². The number of carbonyl (C=O) groups excluding carboxylic acids is 2. The lowest BCUT2D eigenvalue weighted by Gasteiger charge is -2.18. The largest absolute Gasteiger partial charge is 0.366 e. The number of nitrogens with two attached hydrogens (primary N) is 1. The van der Waals surface area contributed by atoms with Crippen molar-refractivity contribution in [3.8, 4) is 0 Å². The zero-order chi connectivity index (χ0) is 11.4. The number of nitrogens with zero attached hydrogens (tertiary/aromatic N) is 1. The lowest BCUT2D eigenvalue weighted by Crippen LogP contribution is -2.36. The molecule has 0 radical (unpaired) electrons. The van der Waals surface area contributed by atoms with Gasteiger partial charge in [-0.25, -0.2) is 4.79 Å². The van der Waals surface area contributed by atoms with Crippen molar-refractivity contribution in [3.63, 3.8) is 0 Å². The van der Waals surface area contributed by atoms with Gasteiger partial charge in [0.05, 0.1) is 11.3 Å². The predicted octanol–water partition coefficient (Wildman–Crippen LogP) is 0.561. The van der Waals surface area contributed by atoms with Crippen molar-refractivity contribution < 1.29 is 9.59 Å². The predicted molar refractivity (Wildman–Crippen MR) is 57.8 cm³/mol. The van der Waals surface area contributed by atoms with Gasteiger partial charge in [-0.3, -0.25) is 9.69 Å². The molecule has 0 aliphatic heterocycles. The smallest absolute Gasteiger partial charge is 0.321 e. The summed E-state index contributed by atoms with van der Waals surface area (Å²) in [5.41, 5.74) is 6.01. The number of hydrogen-bond acceptors (Lipinski definition) is 2. The van der Waals surface area contributed by atoms with Crippen LogP contribution in [0.15, 0.2) is 24.3 Å². The van der Waals surface area contributed by atoms with Gasteiger partial charge in [0.25, 0.3) is 5.91 Å². The van der Waals surface area contributed by atoms with E-state index in [1.807, 2.05) is 0 Å². The highest BCUT2D eigenvalue weighted by molar-refractivity contribution is 6.03. The molecule has 0 spiro atoms. The van der Waals surface area contributed by atoms with Crippen LogP contribution in [-0.2, 0) is 0 Å². The number of urea groups is 1. The molecule has 1 rings (SSSR count). The highest BCUT2D eigenvalue weighted by Gasteiger charge is 2.14. The van der Waals surface area contributed by atoms with Crippen molar-refractivity contribution in [2.75, 3.05) is 19.0 Å². The number of carbonyl (C=O) groups is 2. The Labute approximate surface area is 87.9 Å². The normalized spacial score (nSPS) is 9.47. The summed E-state index contributed by atoms with van der Waals surface area (Å²) in [5.74, 6) is -0.554. The SMILES string of the molecule is CNC(=O)N(C)c1ccccc1C(N)=O. The van der Waals surface area contributed by atoms with Gasteiger partial charge in [-0.1, -0.05) is 12.1 Å². The minimum atomic E-state index is -0.554. The number of nitrogens with one attached hydrogen (secondary N) is 1. The van der Waals surface area contributed by atoms with E-state index in [0.29, 0.717) is 11.3 Å². The first-order valence-corrected chi connectivity index (χ1v) is 4.42. The number of benzene rings is 1. The third-order valence-corrected chi connectivity index (χ3v) is 2.05. The highest BCUT2D eigenvalue weighted by Crippen LogP contribution is 2.18. The lowest BCUT2D eigenvalue weighted by molar-refractivity contribution is 0.100. The Morgan fingerprint density at radius 1 is 1.33 bits per heavy atom. The molecule has 0 saturated carbocycles. The molecule has 0 saturated heterocycles. The fourth-order valence-corrected chi connectivity index (χ4v) is 1.25. The third-order valence-electron chi connectivity index (χ3n) is 2.05. The van der Waals surface area contributed by atoms with Gasteiger partial charge < -0.3 is 11.1 Å². The molecule has 5 heteroatoms. The first-order valence-electron chi connectivity index (χ1n) is 4.42. The Morgan fingerprint density at radius 3 is 2.47 bits per heavy atom. The van der Waals surface area contributed by atoms with E-state index in [1.165, 1.54) is 11.9 Å². The van der Waals surface area contributed by atoms with Crippen LogP contribution in [-0.4, -0.2) is 26.0 Å². The molecule has 0 aliphatic rings. The summed E-state index contributed by atoms with van der Waals surface area (Å²) in [6, 6.07) is 6.37. The van der Waals surface area contributed by atoms with E-state index >= 15 is 0 Å². The van der Waals surface area contributed by atoms with Crippen LogP contribution < -0.4 is 16.0 Å². The maximum atomic E-state index is 11.3. The Morgan fingerprint density at radius 2 is 1.93 bits per heavy atom. The molecular weight excluding hydrogens is 194 g/mol. The summed E-state index contributed by atoms with van der Waals surface area (Å²) >= 11 is 0. The zero-order valence-electron chi connectivity index (χ0n) is 8.65. The second kappa shape index (κ2) is 4.45. The molecule has 0 unspecified atom stereocenters. The zero-order valence-corrected chi connectivity index (χ0v) is 8.65.